The Bertz CT molecular complexity index is 441. The van der Waals surface area contributed by atoms with Gasteiger partial charge in [-0.05, 0) is 24.3 Å². The normalized spacial score (nSPS) is 23.2. The number of hydrogen-bond donors (Lipinski definition) is 0. The first-order valence-corrected chi connectivity index (χ1v) is 7.12. The zero-order chi connectivity index (χ0) is 14.4. The van der Waals surface area contributed by atoms with Gasteiger partial charge >= 0.3 is 5.97 Å². The molecule has 0 radical (unpaired) electrons. The topological polar surface area (TPSA) is 35.5 Å². The summed E-state index contributed by atoms with van der Waals surface area (Å²) in [5.41, 5.74) is 1.06. The van der Waals surface area contributed by atoms with Crippen LogP contribution in [0.1, 0.15) is 24.8 Å². The molecule has 1 aliphatic rings. The lowest BCUT2D eigenvalue weighted by Gasteiger charge is -2.25. The molecule has 1 unspecified atom stereocenters. The van der Waals surface area contributed by atoms with Gasteiger partial charge in [0.2, 0.25) is 0 Å². The lowest BCUT2D eigenvalue weighted by atomic mass is 9.90. The highest BCUT2D eigenvalue weighted by Gasteiger charge is 2.37. The van der Waals surface area contributed by atoms with E-state index in [2.05, 4.69) is 6.58 Å². The molecule has 0 spiro atoms. The van der Waals surface area contributed by atoms with Crippen LogP contribution in [0.15, 0.2) is 43.0 Å². The second-order valence-corrected chi connectivity index (χ2v) is 5.23. The average molecular weight is 274 g/mol. The van der Waals surface area contributed by atoms with Crippen LogP contribution >= 0.6 is 0 Å². The molecule has 3 heteroatoms. The molecule has 20 heavy (non-hydrogen) atoms. The smallest absolute Gasteiger partial charge is 0.335 e. The molecular formula is C17H22O3. The number of rotatable bonds is 6. The van der Waals surface area contributed by atoms with Crippen molar-refractivity contribution in [3.8, 4) is 0 Å². The predicted molar refractivity (Wildman–Crippen MR) is 78.1 cm³/mol. The number of benzene rings is 1. The first-order valence-electron chi connectivity index (χ1n) is 7.12. The fourth-order valence-electron chi connectivity index (χ4n) is 2.93. The SMILES string of the molecule is C=CC1CCC[C@H]1[C@@H](OCc1ccccc1)C(=O)OC. The van der Waals surface area contributed by atoms with E-state index in [4.69, 9.17) is 9.47 Å². The van der Waals surface area contributed by atoms with Gasteiger partial charge in [-0.2, -0.15) is 0 Å². The van der Waals surface area contributed by atoms with Gasteiger partial charge in [-0.15, -0.1) is 6.58 Å². The van der Waals surface area contributed by atoms with Crippen LogP contribution in [-0.4, -0.2) is 19.2 Å². The fraction of sp³-hybridized carbons (Fsp3) is 0.471. The van der Waals surface area contributed by atoms with Gasteiger partial charge in [-0.25, -0.2) is 4.79 Å². The van der Waals surface area contributed by atoms with Gasteiger partial charge in [0.05, 0.1) is 13.7 Å². The van der Waals surface area contributed by atoms with Gasteiger partial charge in [0, 0.05) is 5.92 Å². The third kappa shape index (κ3) is 3.48. The molecule has 0 heterocycles. The second-order valence-electron chi connectivity index (χ2n) is 5.23. The van der Waals surface area contributed by atoms with Crippen molar-refractivity contribution in [2.45, 2.75) is 32.0 Å². The van der Waals surface area contributed by atoms with Gasteiger partial charge in [0.25, 0.3) is 0 Å². The van der Waals surface area contributed by atoms with Gasteiger partial charge in [0.15, 0.2) is 6.10 Å². The summed E-state index contributed by atoms with van der Waals surface area (Å²) >= 11 is 0. The zero-order valence-corrected chi connectivity index (χ0v) is 12.0. The van der Waals surface area contributed by atoms with Crippen LogP contribution in [0, 0.1) is 11.8 Å². The molecule has 108 valence electrons. The predicted octanol–water partition coefficient (Wildman–Crippen LogP) is 3.35. The first kappa shape index (κ1) is 14.8. The summed E-state index contributed by atoms with van der Waals surface area (Å²) in [6, 6.07) is 9.88. The van der Waals surface area contributed by atoms with E-state index in [-0.39, 0.29) is 11.9 Å². The number of carbonyl (C=O) groups is 1. The Labute approximate surface area is 120 Å². The third-order valence-electron chi connectivity index (χ3n) is 4.02. The molecule has 1 aromatic rings. The van der Waals surface area contributed by atoms with Crippen LogP contribution in [0.5, 0.6) is 0 Å². The van der Waals surface area contributed by atoms with E-state index in [0.29, 0.717) is 12.5 Å². The molecule has 0 saturated heterocycles. The quantitative estimate of drug-likeness (QED) is 0.589. The molecule has 3 atom stereocenters. The second kappa shape index (κ2) is 7.25. The van der Waals surface area contributed by atoms with Gasteiger partial charge in [0.1, 0.15) is 0 Å². The zero-order valence-electron chi connectivity index (χ0n) is 12.0. The minimum absolute atomic E-state index is 0.184. The fourth-order valence-corrected chi connectivity index (χ4v) is 2.93. The Morgan fingerprint density at radius 2 is 2.15 bits per heavy atom. The summed E-state index contributed by atoms with van der Waals surface area (Å²) in [7, 11) is 1.42. The van der Waals surface area contributed by atoms with Crippen molar-refractivity contribution in [1.82, 2.24) is 0 Å². The van der Waals surface area contributed by atoms with Crippen LogP contribution in [-0.2, 0) is 20.9 Å². The van der Waals surface area contributed by atoms with E-state index < -0.39 is 6.10 Å². The minimum Gasteiger partial charge on any atom is -0.467 e. The standard InChI is InChI=1S/C17H22O3/c1-3-14-10-7-11-15(14)16(17(18)19-2)20-12-13-8-5-4-6-9-13/h3-6,8-9,14-16H,1,7,10-12H2,2H3/t14?,15-,16-/m1/s1. The van der Waals surface area contributed by atoms with E-state index in [1.165, 1.54) is 7.11 Å². The maximum atomic E-state index is 12.0. The van der Waals surface area contributed by atoms with Crippen molar-refractivity contribution in [2.24, 2.45) is 11.8 Å². The Kier molecular flexibility index (Phi) is 5.36. The molecule has 0 N–H and O–H groups in total. The number of esters is 1. The van der Waals surface area contributed by atoms with Gasteiger partial charge < -0.3 is 9.47 Å². The molecular weight excluding hydrogens is 252 g/mol. The molecule has 0 amide bonds. The largest absolute Gasteiger partial charge is 0.467 e. The van der Waals surface area contributed by atoms with Gasteiger partial charge in [-0.1, -0.05) is 42.8 Å². The number of carbonyl (C=O) groups excluding carboxylic acids is 1. The lowest BCUT2D eigenvalue weighted by Crippen LogP contribution is -2.35. The third-order valence-corrected chi connectivity index (χ3v) is 4.02. The Hall–Kier alpha value is -1.61. The highest BCUT2D eigenvalue weighted by atomic mass is 16.6. The van der Waals surface area contributed by atoms with Crippen molar-refractivity contribution in [1.29, 1.82) is 0 Å². The molecule has 3 nitrogen and oxygen atoms in total. The Morgan fingerprint density at radius 1 is 1.40 bits per heavy atom. The van der Waals surface area contributed by atoms with E-state index in [1.54, 1.807) is 0 Å². The summed E-state index contributed by atoms with van der Waals surface area (Å²) in [4.78, 5) is 12.0. The molecule has 1 fully saturated rings. The van der Waals surface area contributed by atoms with Crippen LogP contribution in [0.3, 0.4) is 0 Å². The van der Waals surface area contributed by atoms with Gasteiger partial charge in [-0.3, -0.25) is 0 Å². The molecule has 1 saturated carbocycles. The number of ether oxygens (including phenoxy) is 2. The Balaban J connectivity index is 2.04. The van der Waals surface area contributed by atoms with Crippen LogP contribution in [0.2, 0.25) is 0 Å². The van der Waals surface area contributed by atoms with Crippen molar-refractivity contribution in [3.63, 3.8) is 0 Å². The highest BCUT2D eigenvalue weighted by Crippen LogP contribution is 2.36. The molecule has 0 aromatic heterocycles. The molecule has 1 aromatic carbocycles. The number of hydrogen-bond acceptors (Lipinski definition) is 3. The maximum absolute atomic E-state index is 12.0. The van der Waals surface area contributed by atoms with E-state index in [1.807, 2.05) is 36.4 Å². The van der Waals surface area contributed by atoms with Crippen LogP contribution in [0.25, 0.3) is 0 Å². The number of methoxy groups -OCH3 is 1. The molecule has 0 aliphatic heterocycles. The van der Waals surface area contributed by atoms with Crippen molar-refractivity contribution >= 4 is 5.97 Å². The van der Waals surface area contributed by atoms with Crippen molar-refractivity contribution in [2.75, 3.05) is 7.11 Å². The van der Waals surface area contributed by atoms with Crippen molar-refractivity contribution < 1.29 is 14.3 Å². The van der Waals surface area contributed by atoms with Crippen LogP contribution in [0.4, 0.5) is 0 Å². The molecule has 1 aliphatic carbocycles. The average Bonchev–Trinajstić information content (AvgIpc) is 2.96. The maximum Gasteiger partial charge on any atom is 0.335 e. The molecule has 0 bridgehead atoms. The van der Waals surface area contributed by atoms with Crippen LogP contribution < -0.4 is 0 Å². The highest BCUT2D eigenvalue weighted by molar-refractivity contribution is 5.75. The summed E-state index contributed by atoms with van der Waals surface area (Å²) in [6.45, 7) is 4.30. The summed E-state index contributed by atoms with van der Waals surface area (Å²) in [5, 5.41) is 0. The summed E-state index contributed by atoms with van der Waals surface area (Å²) < 4.78 is 10.8. The first-order chi connectivity index (χ1) is 9.76. The Morgan fingerprint density at radius 3 is 2.80 bits per heavy atom. The summed E-state index contributed by atoms with van der Waals surface area (Å²) in [5.74, 6) is 0.248. The molecule has 2 rings (SSSR count). The lowest BCUT2D eigenvalue weighted by molar-refractivity contribution is -0.159. The van der Waals surface area contributed by atoms with Crippen molar-refractivity contribution in [3.05, 3.63) is 48.6 Å². The summed E-state index contributed by atoms with van der Waals surface area (Å²) in [6.07, 6.45) is 4.63. The minimum atomic E-state index is -0.495. The number of allylic oxidation sites excluding steroid dienone is 1. The van der Waals surface area contributed by atoms with E-state index in [0.717, 1.165) is 24.8 Å². The monoisotopic (exact) mass is 274 g/mol. The van der Waals surface area contributed by atoms with E-state index in [9.17, 15) is 4.79 Å². The van der Waals surface area contributed by atoms with E-state index >= 15 is 0 Å².